The van der Waals surface area contributed by atoms with Gasteiger partial charge in [0.1, 0.15) is 0 Å². The van der Waals surface area contributed by atoms with Gasteiger partial charge in [0, 0.05) is 32.7 Å². The summed E-state index contributed by atoms with van der Waals surface area (Å²) in [4.78, 5) is 17.3. The average Bonchev–Trinajstić information content (AvgIpc) is 2.79. The molecule has 1 unspecified atom stereocenters. The number of carbonyl (C=O) groups is 1. The van der Waals surface area contributed by atoms with E-state index in [2.05, 4.69) is 94.8 Å². The molecule has 1 aliphatic heterocycles. The zero-order chi connectivity index (χ0) is 20.8. The van der Waals surface area contributed by atoms with Crippen LogP contribution in [0.5, 0.6) is 0 Å². The Morgan fingerprint density at radius 3 is 2.30 bits per heavy atom. The topological polar surface area (TPSA) is 35.6 Å². The largest absolute Gasteiger partial charge is 0.348 e. The van der Waals surface area contributed by atoms with Crippen LogP contribution in [0.25, 0.3) is 10.8 Å². The zero-order valence-corrected chi connectivity index (χ0v) is 17.8. The SMILES string of the molecule is CC(NC(=O)CN1CCN(CCc2ccccc2)CC1)c1ccc2ccccc2c1. The molecular formula is C26H31N3O. The molecule has 1 atom stereocenters. The molecule has 4 heteroatoms. The molecule has 3 aromatic carbocycles. The number of amides is 1. The number of nitrogens with one attached hydrogen (secondary N) is 1. The minimum absolute atomic E-state index is 0.00858. The van der Waals surface area contributed by atoms with Gasteiger partial charge in [-0.2, -0.15) is 0 Å². The Morgan fingerprint density at radius 2 is 1.53 bits per heavy atom. The molecule has 30 heavy (non-hydrogen) atoms. The Hall–Kier alpha value is -2.69. The van der Waals surface area contributed by atoms with Crippen molar-refractivity contribution in [2.24, 2.45) is 0 Å². The second kappa shape index (κ2) is 9.88. The summed E-state index contributed by atoms with van der Waals surface area (Å²) in [7, 11) is 0. The minimum atomic E-state index is 0.00858. The van der Waals surface area contributed by atoms with Crippen LogP contribution in [0.2, 0.25) is 0 Å². The molecule has 0 spiro atoms. The third-order valence-electron chi connectivity index (χ3n) is 6.04. The van der Waals surface area contributed by atoms with Crippen molar-refractivity contribution < 1.29 is 4.79 Å². The van der Waals surface area contributed by atoms with Crippen molar-refractivity contribution in [1.29, 1.82) is 0 Å². The predicted octanol–water partition coefficient (Wildman–Crippen LogP) is 3.88. The monoisotopic (exact) mass is 401 g/mol. The van der Waals surface area contributed by atoms with Crippen LogP contribution >= 0.6 is 0 Å². The summed E-state index contributed by atoms with van der Waals surface area (Å²) in [5.41, 5.74) is 2.54. The molecule has 3 aromatic rings. The molecule has 4 rings (SSSR count). The summed E-state index contributed by atoms with van der Waals surface area (Å²) in [5, 5.41) is 5.61. The first-order chi connectivity index (χ1) is 14.7. The molecule has 0 saturated carbocycles. The van der Waals surface area contributed by atoms with Gasteiger partial charge in [-0.05, 0) is 41.3 Å². The van der Waals surface area contributed by atoms with Gasteiger partial charge in [0.2, 0.25) is 5.91 Å². The minimum Gasteiger partial charge on any atom is -0.348 e. The molecular weight excluding hydrogens is 370 g/mol. The van der Waals surface area contributed by atoms with E-state index >= 15 is 0 Å². The Morgan fingerprint density at radius 1 is 0.867 bits per heavy atom. The molecule has 1 heterocycles. The lowest BCUT2D eigenvalue weighted by molar-refractivity contribution is -0.123. The van der Waals surface area contributed by atoms with Crippen LogP contribution in [0.3, 0.4) is 0 Å². The van der Waals surface area contributed by atoms with E-state index in [1.807, 2.05) is 0 Å². The van der Waals surface area contributed by atoms with E-state index in [4.69, 9.17) is 0 Å². The van der Waals surface area contributed by atoms with Gasteiger partial charge >= 0.3 is 0 Å². The highest BCUT2D eigenvalue weighted by Gasteiger charge is 2.19. The average molecular weight is 402 g/mol. The predicted molar refractivity (Wildman–Crippen MR) is 124 cm³/mol. The van der Waals surface area contributed by atoms with E-state index in [9.17, 15) is 4.79 Å². The first-order valence-corrected chi connectivity index (χ1v) is 10.9. The summed E-state index contributed by atoms with van der Waals surface area (Å²) >= 11 is 0. The van der Waals surface area contributed by atoms with E-state index < -0.39 is 0 Å². The Bertz CT molecular complexity index is 964. The summed E-state index contributed by atoms with van der Waals surface area (Å²) in [6, 6.07) is 25.4. The first kappa shape index (κ1) is 20.6. The van der Waals surface area contributed by atoms with Crippen LogP contribution in [0.1, 0.15) is 24.1 Å². The lowest BCUT2D eigenvalue weighted by Crippen LogP contribution is -2.50. The van der Waals surface area contributed by atoms with Crippen molar-refractivity contribution in [2.45, 2.75) is 19.4 Å². The summed E-state index contributed by atoms with van der Waals surface area (Å²) < 4.78 is 0. The Balaban J connectivity index is 1.21. The second-order valence-corrected chi connectivity index (χ2v) is 8.25. The maximum atomic E-state index is 12.6. The molecule has 1 fully saturated rings. The van der Waals surface area contributed by atoms with Crippen molar-refractivity contribution >= 4 is 16.7 Å². The van der Waals surface area contributed by atoms with Crippen molar-refractivity contribution in [1.82, 2.24) is 15.1 Å². The van der Waals surface area contributed by atoms with E-state index in [0.29, 0.717) is 6.54 Å². The first-order valence-electron chi connectivity index (χ1n) is 10.9. The molecule has 0 aromatic heterocycles. The van der Waals surface area contributed by atoms with Gasteiger partial charge in [0.05, 0.1) is 12.6 Å². The number of piperazine rings is 1. The highest BCUT2D eigenvalue weighted by atomic mass is 16.2. The van der Waals surface area contributed by atoms with Crippen LogP contribution in [-0.4, -0.2) is 55.0 Å². The zero-order valence-electron chi connectivity index (χ0n) is 17.8. The highest BCUT2D eigenvalue weighted by molar-refractivity contribution is 5.83. The molecule has 4 nitrogen and oxygen atoms in total. The number of carbonyl (C=O) groups excluding carboxylic acids is 1. The fraction of sp³-hybridized carbons (Fsp3) is 0.346. The van der Waals surface area contributed by atoms with Crippen molar-refractivity contribution in [3.05, 3.63) is 83.9 Å². The Labute approximate surface area is 179 Å². The van der Waals surface area contributed by atoms with Gasteiger partial charge < -0.3 is 10.2 Å². The summed E-state index contributed by atoms with van der Waals surface area (Å²) in [6.07, 6.45) is 1.09. The van der Waals surface area contributed by atoms with Crippen LogP contribution in [0.15, 0.2) is 72.8 Å². The fourth-order valence-corrected chi connectivity index (χ4v) is 4.15. The van der Waals surface area contributed by atoms with Crippen LogP contribution in [0, 0.1) is 0 Å². The van der Waals surface area contributed by atoms with E-state index in [1.54, 1.807) is 0 Å². The maximum absolute atomic E-state index is 12.6. The second-order valence-electron chi connectivity index (χ2n) is 8.25. The van der Waals surface area contributed by atoms with Gasteiger partial charge in [-0.3, -0.25) is 9.69 Å². The van der Waals surface area contributed by atoms with Gasteiger partial charge in [0.15, 0.2) is 0 Å². The third-order valence-corrected chi connectivity index (χ3v) is 6.04. The third kappa shape index (κ3) is 5.47. The number of hydrogen-bond donors (Lipinski definition) is 1. The van der Waals surface area contributed by atoms with E-state index in [0.717, 1.165) is 44.7 Å². The van der Waals surface area contributed by atoms with Gasteiger partial charge in [-0.1, -0.05) is 66.7 Å². The van der Waals surface area contributed by atoms with Crippen LogP contribution < -0.4 is 5.32 Å². The number of fused-ring (bicyclic) bond motifs is 1. The lowest BCUT2D eigenvalue weighted by Gasteiger charge is -2.34. The van der Waals surface area contributed by atoms with Gasteiger partial charge in [-0.15, -0.1) is 0 Å². The highest BCUT2D eigenvalue weighted by Crippen LogP contribution is 2.20. The van der Waals surface area contributed by atoms with E-state index in [1.165, 1.54) is 16.3 Å². The molecule has 1 N–H and O–H groups in total. The molecule has 156 valence electrons. The number of rotatable bonds is 7. The number of benzene rings is 3. The van der Waals surface area contributed by atoms with Crippen molar-refractivity contribution in [2.75, 3.05) is 39.3 Å². The number of hydrogen-bond acceptors (Lipinski definition) is 3. The Kier molecular flexibility index (Phi) is 6.77. The van der Waals surface area contributed by atoms with E-state index in [-0.39, 0.29) is 11.9 Å². The number of nitrogens with zero attached hydrogens (tertiary/aromatic N) is 2. The molecule has 0 bridgehead atoms. The van der Waals surface area contributed by atoms with Gasteiger partial charge in [-0.25, -0.2) is 0 Å². The van der Waals surface area contributed by atoms with Crippen molar-refractivity contribution in [3.8, 4) is 0 Å². The fourth-order valence-electron chi connectivity index (χ4n) is 4.15. The summed E-state index contributed by atoms with van der Waals surface area (Å²) in [5.74, 6) is 0.105. The maximum Gasteiger partial charge on any atom is 0.234 e. The molecule has 1 saturated heterocycles. The van der Waals surface area contributed by atoms with Gasteiger partial charge in [0.25, 0.3) is 0 Å². The van der Waals surface area contributed by atoms with Crippen molar-refractivity contribution in [3.63, 3.8) is 0 Å². The smallest absolute Gasteiger partial charge is 0.234 e. The lowest BCUT2D eigenvalue weighted by atomic mass is 10.0. The normalized spacial score (nSPS) is 16.4. The van der Waals surface area contributed by atoms with Crippen LogP contribution in [0.4, 0.5) is 0 Å². The quantitative estimate of drug-likeness (QED) is 0.653. The standard InChI is InChI=1S/C26H31N3O/c1-21(24-12-11-23-9-5-6-10-25(23)19-24)27-26(30)20-29-17-15-28(16-18-29)14-13-22-7-3-2-4-8-22/h2-12,19,21H,13-18,20H2,1H3,(H,27,30). The summed E-state index contributed by atoms with van der Waals surface area (Å²) in [6.45, 7) is 7.58. The molecule has 0 radical (unpaired) electrons. The molecule has 1 aliphatic rings. The van der Waals surface area contributed by atoms with Crippen LogP contribution in [-0.2, 0) is 11.2 Å². The molecule has 0 aliphatic carbocycles. The molecule has 1 amide bonds.